The second kappa shape index (κ2) is 6.70. The van der Waals surface area contributed by atoms with E-state index in [-0.39, 0.29) is 11.9 Å². The third-order valence-corrected chi connectivity index (χ3v) is 4.39. The molecule has 2 rings (SSSR count). The van der Waals surface area contributed by atoms with Gasteiger partial charge in [-0.25, -0.2) is 4.39 Å². The van der Waals surface area contributed by atoms with Crippen molar-refractivity contribution in [1.29, 1.82) is 0 Å². The van der Waals surface area contributed by atoms with Gasteiger partial charge in [-0.15, -0.1) is 0 Å². The Kier molecular flexibility index (Phi) is 5.19. The molecule has 0 aromatic heterocycles. The van der Waals surface area contributed by atoms with Gasteiger partial charge in [-0.05, 0) is 61.3 Å². The van der Waals surface area contributed by atoms with E-state index in [1.807, 2.05) is 32.2 Å². The van der Waals surface area contributed by atoms with Crippen molar-refractivity contribution in [3.8, 4) is 0 Å². The maximum atomic E-state index is 13.4. The van der Waals surface area contributed by atoms with Crippen molar-refractivity contribution < 1.29 is 4.39 Å². The van der Waals surface area contributed by atoms with E-state index in [0.717, 1.165) is 26.2 Å². The Labute approximate surface area is 132 Å². The molecule has 0 aliphatic rings. The largest absolute Gasteiger partial charge is 0.313 e. The molecule has 1 nitrogen and oxygen atoms in total. The van der Waals surface area contributed by atoms with E-state index in [0.29, 0.717) is 6.42 Å². The number of benzene rings is 2. The lowest BCUT2D eigenvalue weighted by Crippen LogP contribution is -2.19. The zero-order chi connectivity index (χ0) is 14.7. The fraction of sp³-hybridized carbons (Fsp3) is 0.250. The maximum absolute atomic E-state index is 13.4. The number of likely N-dealkylation sites (N-methyl/N-ethyl adjacent to an activating group) is 1. The third-order valence-electron chi connectivity index (χ3n) is 3.31. The van der Waals surface area contributed by atoms with Crippen molar-refractivity contribution in [2.24, 2.45) is 0 Å². The van der Waals surface area contributed by atoms with E-state index in [4.69, 9.17) is 11.6 Å². The molecule has 0 aliphatic heterocycles. The summed E-state index contributed by atoms with van der Waals surface area (Å²) in [5.74, 6) is -0.238. The van der Waals surface area contributed by atoms with Crippen LogP contribution >= 0.6 is 27.5 Å². The molecule has 4 heteroatoms. The van der Waals surface area contributed by atoms with Gasteiger partial charge in [-0.3, -0.25) is 0 Å². The zero-order valence-corrected chi connectivity index (χ0v) is 13.7. The summed E-state index contributed by atoms with van der Waals surface area (Å²) in [6.07, 6.45) is 0.706. The monoisotopic (exact) mass is 355 g/mol. The van der Waals surface area contributed by atoms with Crippen LogP contribution in [0.3, 0.4) is 0 Å². The molecule has 1 atom stereocenters. The van der Waals surface area contributed by atoms with Gasteiger partial charge in [0.25, 0.3) is 0 Å². The number of halogens is 3. The number of aryl methyl sites for hydroxylation is 1. The number of rotatable bonds is 4. The molecular weight excluding hydrogens is 341 g/mol. The molecule has 0 radical (unpaired) electrons. The summed E-state index contributed by atoms with van der Waals surface area (Å²) in [6, 6.07) is 10.7. The molecule has 20 heavy (non-hydrogen) atoms. The van der Waals surface area contributed by atoms with Crippen molar-refractivity contribution >= 4 is 27.5 Å². The highest BCUT2D eigenvalue weighted by Gasteiger charge is 2.15. The van der Waals surface area contributed by atoms with E-state index >= 15 is 0 Å². The predicted molar refractivity (Wildman–Crippen MR) is 85.8 cm³/mol. The van der Waals surface area contributed by atoms with Crippen LogP contribution in [0.1, 0.15) is 22.7 Å². The van der Waals surface area contributed by atoms with Crippen molar-refractivity contribution in [1.82, 2.24) is 5.32 Å². The second-order valence-corrected chi connectivity index (χ2v) is 6.07. The second-order valence-electron chi connectivity index (χ2n) is 4.81. The molecular formula is C16H16BrClFN. The van der Waals surface area contributed by atoms with Gasteiger partial charge < -0.3 is 5.32 Å². The van der Waals surface area contributed by atoms with Gasteiger partial charge >= 0.3 is 0 Å². The molecule has 2 aromatic carbocycles. The van der Waals surface area contributed by atoms with Crippen molar-refractivity contribution in [3.05, 3.63) is 68.4 Å². The molecule has 0 amide bonds. The summed E-state index contributed by atoms with van der Waals surface area (Å²) < 4.78 is 14.3. The fourth-order valence-electron chi connectivity index (χ4n) is 2.19. The molecule has 0 saturated heterocycles. The average molecular weight is 357 g/mol. The first-order chi connectivity index (χ1) is 9.51. The zero-order valence-electron chi connectivity index (χ0n) is 11.4. The van der Waals surface area contributed by atoms with Crippen LogP contribution in [0.5, 0.6) is 0 Å². The maximum Gasteiger partial charge on any atom is 0.123 e. The van der Waals surface area contributed by atoms with Crippen LogP contribution in [0.2, 0.25) is 5.02 Å². The molecule has 1 unspecified atom stereocenters. The molecule has 0 spiro atoms. The Morgan fingerprint density at radius 1 is 1.25 bits per heavy atom. The lowest BCUT2D eigenvalue weighted by atomic mass is 9.98. The Balaban J connectivity index is 2.31. The predicted octanol–water partition coefficient (Wildman–Crippen LogP) is 5.05. The summed E-state index contributed by atoms with van der Waals surface area (Å²) in [5.41, 5.74) is 3.07. The summed E-state index contributed by atoms with van der Waals surface area (Å²) in [7, 11) is 1.87. The summed E-state index contributed by atoms with van der Waals surface area (Å²) >= 11 is 9.75. The lowest BCUT2D eigenvalue weighted by Gasteiger charge is -2.19. The minimum atomic E-state index is -0.238. The molecule has 0 heterocycles. The average Bonchev–Trinajstić information content (AvgIpc) is 2.41. The smallest absolute Gasteiger partial charge is 0.123 e. The van der Waals surface area contributed by atoms with Crippen molar-refractivity contribution in [3.63, 3.8) is 0 Å². The van der Waals surface area contributed by atoms with Gasteiger partial charge in [0.1, 0.15) is 5.82 Å². The third kappa shape index (κ3) is 3.60. The number of hydrogen-bond acceptors (Lipinski definition) is 1. The van der Waals surface area contributed by atoms with Gasteiger partial charge in [0, 0.05) is 15.5 Å². The van der Waals surface area contributed by atoms with Gasteiger partial charge in [0.15, 0.2) is 0 Å². The minimum absolute atomic E-state index is 0.000260. The first-order valence-corrected chi connectivity index (χ1v) is 7.55. The van der Waals surface area contributed by atoms with Crippen LogP contribution in [0, 0.1) is 12.7 Å². The molecule has 2 aromatic rings. The quantitative estimate of drug-likeness (QED) is 0.808. The normalized spacial score (nSPS) is 12.4. The van der Waals surface area contributed by atoms with E-state index in [1.54, 1.807) is 12.1 Å². The Bertz CT molecular complexity index is 615. The summed E-state index contributed by atoms with van der Waals surface area (Å²) in [5, 5.41) is 3.97. The van der Waals surface area contributed by atoms with E-state index in [2.05, 4.69) is 21.2 Å². The van der Waals surface area contributed by atoms with Crippen LogP contribution in [-0.2, 0) is 6.42 Å². The SMILES string of the molecule is CNC(Cc1ccc(C)cc1Cl)c1cc(F)ccc1Br. The molecule has 0 aliphatic carbocycles. The number of nitrogens with one attached hydrogen (secondary N) is 1. The molecule has 1 N–H and O–H groups in total. The Morgan fingerprint density at radius 2 is 2.00 bits per heavy atom. The molecule has 0 bridgehead atoms. The molecule has 106 valence electrons. The van der Waals surface area contributed by atoms with Gasteiger partial charge in [0.05, 0.1) is 0 Å². The van der Waals surface area contributed by atoms with Crippen LogP contribution in [0.4, 0.5) is 4.39 Å². The van der Waals surface area contributed by atoms with E-state index in [1.165, 1.54) is 6.07 Å². The van der Waals surface area contributed by atoms with Crippen LogP contribution in [0.15, 0.2) is 40.9 Å². The lowest BCUT2D eigenvalue weighted by molar-refractivity contribution is 0.575. The van der Waals surface area contributed by atoms with Crippen LogP contribution in [0.25, 0.3) is 0 Å². The standard InChI is InChI=1S/C16H16BrClFN/c1-10-3-4-11(15(18)7-10)8-16(20-2)13-9-12(19)5-6-14(13)17/h3-7,9,16,20H,8H2,1-2H3. The van der Waals surface area contributed by atoms with Gasteiger partial charge in [-0.2, -0.15) is 0 Å². The van der Waals surface area contributed by atoms with Crippen molar-refractivity contribution in [2.45, 2.75) is 19.4 Å². The van der Waals surface area contributed by atoms with Gasteiger partial charge in [-0.1, -0.05) is 39.7 Å². The van der Waals surface area contributed by atoms with Crippen molar-refractivity contribution in [2.75, 3.05) is 7.05 Å². The fourth-order valence-corrected chi connectivity index (χ4v) is 3.02. The van der Waals surface area contributed by atoms with Gasteiger partial charge in [0.2, 0.25) is 0 Å². The topological polar surface area (TPSA) is 12.0 Å². The highest BCUT2D eigenvalue weighted by Crippen LogP contribution is 2.29. The summed E-state index contributed by atoms with van der Waals surface area (Å²) in [4.78, 5) is 0. The van der Waals surface area contributed by atoms with E-state index in [9.17, 15) is 4.39 Å². The Morgan fingerprint density at radius 3 is 2.65 bits per heavy atom. The minimum Gasteiger partial charge on any atom is -0.313 e. The van der Waals surface area contributed by atoms with Crippen LogP contribution < -0.4 is 5.32 Å². The number of hydrogen-bond donors (Lipinski definition) is 1. The highest BCUT2D eigenvalue weighted by atomic mass is 79.9. The Hall–Kier alpha value is -0.900. The first-order valence-electron chi connectivity index (χ1n) is 6.38. The van der Waals surface area contributed by atoms with E-state index < -0.39 is 0 Å². The molecule has 0 saturated carbocycles. The highest BCUT2D eigenvalue weighted by molar-refractivity contribution is 9.10. The van der Waals surface area contributed by atoms with Crippen LogP contribution in [-0.4, -0.2) is 7.05 Å². The first kappa shape index (κ1) is 15.5. The summed E-state index contributed by atoms with van der Waals surface area (Å²) in [6.45, 7) is 2.01. The molecule has 0 fully saturated rings.